The van der Waals surface area contributed by atoms with Crippen LogP contribution >= 0.6 is 0 Å². The van der Waals surface area contributed by atoms with E-state index in [1.807, 2.05) is 5.32 Å². The van der Waals surface area contributed by atoms with Crippen molar-refractivity contribution in [2.24, 2.45) is 11.5 Å². The number of amides is 4. The molecule has 14 heteroatoms. The second-order valence-corrected chi connectivity index (χ2v) is 7.94. The van der Waals surface area contributed by atoms with Crippen molar-refractivity contribution in [2.45, 2.75) is 56.3 Å². The molecule has 14 nitrogen and oxygen atoms in total. The van der Waals surface area contributed by atoms with Crippen LogP contribution in [0.15, 0.2) is 30.3 Å². The van der Waals surface area contributed by atoms with E-state index < -0.39 is 79.2 Å². The fourth-order valence-corrected chi connectivity index (χ4v) is 3.06. The summed E-state index contributed by atoms with van der Waals surface area (Å²) < 4.78 is 0. The lowest BCUT2D eigenvalue weighted by Crippen LogP contribution is -2.58. The molecule has 0 aliphatic rings. The van der Waals surface area contributed by atoms with Gasteiger partial charge >= 0.3 is 11.9 Å². The fraction of sp³-hybridized carbons (Fsp3) is 0.455. The van der Waals surface area contributed by atoms with Crippen molar-refractivity contribution in [3.8, 4) is 0 Å². The zero-order chi connectivity index (χ0) is 27.3. The van der Waals surface area contributed by atoms with Crippen LogP contribution in [-0.2, 0) is 35.2 Å². The summed E-state index contributed by atoms with van der Waals surface area (Å²) in [5, 5.41) is 34.1. The van der Waals surface area contributed by atoms with Crippen molar-refractivity contribution in [3.05, 3.63) is 35.9 Å². The topological polar surface area (TPSA) is 251 Å². The third kappa shape index (κ3) is 10.9. The third-order valence-electron chi connectivity index (χ3n) is 5.02. The predicted octanol–water partition coefficient (Wildman–Crippen LogP) is -2.78. The van der Waals surface area contributed by atoms with Crippen LogP contribution in [0.1, 0.15) is 31.2 Å². The van der Waals surface area contributed by atoms with Crippen molar-refractivity contribution in [2.75, 3.05) is 6.61 Å². The summed E-state index contributed by atoms with van der Waals surface area (Å²) in [5.41, 5.74) is 11.8. The van der Waals surface area contributed by atoms with Gasteiger partial charge in [-0.3, -0.25) is 24.0 Å². The summed E-state index contributed by atoms with van der Waals surface area (Å²) in [6.07, 6.45) is -1.35. The van der Waals surface area contributed by atoms with Crippen molar-refractivity contribution >= 4 is 35.6 Å². The Hall–Kier alpha value is -4.04. The van der Waals surface area contributed by atoms with Gasteiger partial charge in [0.25, 0.3) is 0 Å². The number of carbonyl (C=O) groups excluding carboxylic acids is 4. The lowest BCUT2D eigenvalue weighted by Gasteiger charge is -2.24. The van der Waals surface area contributed by atoms with E-state index >= 15 is 0 Å². The van der Waals surface area contributed by atoms with Gasteiger partial charge in [-0.25, -0.2) is 4.79 Å². The Morgan fingerprint density at radius 2 is 1.31 bits per heavy atom. The van der Waals surface area contributed by atoms with Crippen molar-refractivity contribution in [3.63, 3.8) is 0 Å². The number of hydrogen-bond acceptors (Lipinski definition) is 8. The Kier molecular flexibility index (Phi) is 12.5. The van der Waals surface area contributed by atoms with Crippen LogP contribution in [0.25, 0.3) is 0 Å². The number of carboxylic acid groups (broad SMARTS) is 2. The molecule has 0 heterocycles. The van der Waals surface area contributed by atoms with Gasteiger partial charge in [-0.15, -0.1) is 0 Å². The number of hydrogen-bond donors (Lipinski definition) is 8. The average Bonchev–Trinajstić information content (AvgIpc) is 2.82. The molecule has 0 unspecified atom stereocenters. The maximum Gasteiger partial charge on any atom is 0.326 e. The molecular formula is C22H31N5O9. The van der Waals surface area contributed by atoms with Gasteiger partial charge in [-0.1, -0.05) is 30.3 Å². The number of benzene rings is 1. The molecule has 0 spiro atoms. The molecule has 4 atom stereocenters. The standard InChI is InChI=1S/C22H31N5O9/c23-13(10-12-4-2-1-3-5-12)19(32)25-14(6-8-17(24)29)20(33)27-16(11-28)21(34)26-15(22(35)36)7-9-18(30)31/h1-5,13-16,28H,6-11,23H2,(H2,24,29)(H,25,32)(H,26,34)(H,27,33)(H,30,31)(H,35,36)/t13-,14-,15-,16-/m0/s1. The van der Waals surface area contributed by atoms with E-state index in [0.717, 1.165) is 5.56 Å². The van der Waals surface area contributed by atoms with Crippen LogP contribution in [-0.4, -0.2) is 81.7 Å². The Labute approximate surface area is 206 Å². The zero-order valence-electron chi connectivity index (χ0n) is 19.4. The SMILES string of the molecule is NC(=O)CC[C@H](NC(=O)[C@@H](N)Cc1ccccc1)C(=O)N[C@@H](CO)C(=O)N[C@@H](CCC(=O)O)C(=O)O. The summed E-state index contributed by atoms with van der Waals surface area (Å²) in [7, 11) is 0. The Morgan fingerprint density at radius 3 is 1.83 bits per heavy atom. The van der Waals surface area contributed by atoms with Crippen LogP contribution in [0.3, 0.4) is 0 Å². The first-order chi connectivity index (χ1) is 16.9. The summed E-state index contributed by atoms with van der Waals surface area (Å²) >= 11 is 0. The molecule has 0 aliphatic heterocycles. The maximum absolute atomic E-state index is 12.8. The highest BCUT2D eigenvalue weighted by Gasteiger charge is 2.30. The second kappa shape index (κ2) is 15.1. The van der Waals surface area contributed by atoms with E-state index in [1.54, 1.807) is 30.3 Å². The molecule has 1 aromatic rings. The molecule has 0 bridgehead atoms. The van der Waals surface area contributed by atoms with Crippen LogP contribution in [0.5, 0.6) is 0 Å². The van der Waals surface area contributed by atoms with E-state index in [4.69, 9.17) is 16.6 Å². The summed E-state index contributed by atoms with van der Waals surface area (Å²) in [4.78, 5) is 71.0. The first kappa shape index (κ1) is 30.0. The number of primary amides is 1. The maximum atomic E-state index is 12.8. The smallest absolute Gasteiger partial charge is 0.326 e. The monoisotopic (exact) mass is 509 g/mol. The van der Waals surface area contributed by atoms with E-state index in [9.17, 15) is 39.0 Å². The van der Waals surface area contributed by atoms with Crippen molar-refractivity contribution < 1.29 is 44.1 Å². The largest absolute Gasteiger partial charge is 0.481 e. The molecule has 0 radical (unpaired) electrons. The highest BCUT2D eigenvalue weighted by Crippen LogP contribution is 2.05. The molecule has 0 saturated heterocycles. The van der Waals surface area contributed by atoms with Gasteiger partial charge in [-0.2, -0.15) is 0 Å². The van der Waals surface area contributed by atoms with Crippen LogP contribution in [0.4, 0.5) is 0 Å². The average molecular weight is 510 g/mol. The molecular weight excluding hydrogens is 478 g/mol. The molecule has 0 saturated carbocycles. The normalized spacial score (nSPS) is 13.9. The van der Waals surface area contributed by atoms with E-state index in [1.165, 1.54) is 0 Å². The van der Waals surface area contributed by atoms with E-state index in [-0.39, 0.29) is 19.3 Å². The van der Waals surface area contributed by atoms with Crippen LogP contribution < -0.4 is 27.4 Å². The predicted molar refractivity (Wildman–Crippen MR) is 124 cm³/mol. The highest BCUT2D eigenvalue weighted by atomic mass is 16.4. The highest BCUT2D eigenvalue weighted by molar-refractivity contribution is 5.94. The van der Waals surface area contributed by atoms with Crippen LogP contribution in [0, 0.1) is 0 Å². The van der Waals surface area contributed by atoms with E-state index in [2.05, 4.69) is 10.6 Å². The fourth-order valence-electron chi connectivity index (χ4n) is 3.06. The van der Waals surface area contributed by atoms with Gasteiger partial charge in [0.15, 0.2) is 0 Å². The molecule has 1 aromatic carbocycles. The van der Waals surface area contributed by atoms with Gasteiger partial charge < -0.3 is 42.7 Å². The second-order valence-electron chi connectivity index (χ2n) is 7.94. The Bertz CT molecular complexity index is 941. The Balaban J connectivity index is 2.87. The number of nitrogens with one attached hydrogen (secondary N) is 3. The van der Waals surface area contributed by atoms with Crippen LogP contribution in [0.2, 0.25) is 0 Å². The lowest BCUT2D eigenvalue weighted by molar-refractivity contribution is -0.143. The molecule has 198 valence electrons. The number of rotatable bonds is 16. The van der Waals surface area contributed by atoms with Crippen molar-refractivity contribution in [1.29, 1.82) is 0 Å². The first-order valence-corrected chi connectivity index (χ1v) is 11.0. The minimum absolute atomic E-state index is 0.158. The number of aliphatic hydroxyl groups excluding tert-OH is 1. The van der Waals surface area contributed by atoms with Gasteiger partial charge in [0.2, 0.25) is 23.6 Å². The minimum Gasteiger partial charge on any atom is -0.481 e. The lowest BCUT2D eigenvalue weighted by atomic mass is 10.0. The molecule has 0 aromatic heterocycles. The summed E-state index contributed by atoms with van der Waals surface area (Å²) in [6.45, 7) is -0.938. The van der Waals surface area contributed by atoms with Gasteiger partial charge in [0.1, 0.15) is 18.1 Å². The third-order valence-corrected chi connectivity index (χ3v) is 5.02. The van der Waals surface area contributed by atoms with Gasteiger partial charge in [0, 0.05) is 12.8 Å². The molecule has 0 fully saturated rings. The van der Waals surface area contributed by atoms with Gasteiger partial charge in [-0.05, 0) is 24.8 Å². The van der Waals surface area contributed by atoms with Gasteiger partial charge in [0.05, 0.1) is 12.6 Å². The molecule has 10 N–H and O–H groups in total. The van der Waals surface area contributed by atoms with E-state index in [0.29, 0.717) is 0 Å². The Morgan fingerprint density at radius 1 is 0.778 bits per heavy atom. The molecule has 4 amide bonds. The summed E-state index contributed by atoms with van der Waals surface area (Å²) in [6, 6.07) is 3.23. The summed E-state index contributed by atoms with van der Waals surface area (Å²) in [5.74, 6) is -6.30. The molecule has 1 rings (SSSR count). The zero-order valence-corrected chi connectivity index (χ0v) is 19.4. The number of aliphatic carboxylic acids is 2. The first-order valence-electron chi connectivity index (χ1n) is 11.0. The molecule has 36 heavy (non-hydrogen) atoms. The number of carbonyl (C=O) groups is 6. The number of carboxylic acids is 2. The minimum atomic E-state index is -1.63. The number of nitrogens with two attached hydrogens (primary N) is 2. The quantitative estimate of drug-likeness (QED) is 0.114. The number of aliphatic hydroxyl groups is 1. The van der Waals surface area contributed by atoms with Crippen molar-refractivity contribution in [1.82, 2.24) is 16.0 Å². The molecule has 0 aliphatic carbocycles.